The van der Waals surface area contributed by atoms with Gasteiger partial charge in [0, 0.05) is 46.5 Å². The van der Waals surface area contributed by atoms with E-state index in [1.165, 1.54) is 28.6 Å². The SMILES string of the molecule is O=S(=O)(c1ccc(Cl)cc1)N(CCCO)C[C@@H](O)Cn1c2ccccc2c2ccccc21. The van der Waals surface area contributed by atoms with Gasteiger partial charge in [0.2, 0.25) is 10.0 Å². The van der Waals surface area contributed by atoms with E-state index < -0.39 is 16.1 Å². The number of hydrogen-bond acceptors (Lipinski definition) is 4. The molecule has 8 heteroatoms. The quantitative estimate of drug-likeness (QED) is 0.387. The minimum absolute atomic E-state index is 0.0915. The molecule has 0 aliphatic heterocycles. The van der Waals surface area contributed by atoms with Crippen molar-refractivity contribution >= 4 is 43.4 Å². The summed E-state index contributed by atoms with van der Waals surface area (Å²) in [6, 6.07) is 21.9. The number of aliphatic hydroxyl groups excluding tert-OH is 2. The van der Waals surface area contributed by atoms with Crippen LogP contribution in [-0.4, -0.2) is 53.3 Å². The molecule has 1 aromatic heterocycles. The summed E-state index contributed by atoms with van der Waals surface area (Å²) in [7, 11) is -3.85. The number of rotatable bonds is 9. The lowest BCUT2D eigenvalue weighted by Crippen LogP contribution is -2.40. The summed E-state index contributed by atoms with van der Waals surface area (Å²) in [5.41, 5.74) is 1.96. The van der Waals surface area contributed by atoms with Crippen molar-refractivity contribution in [2.75, 3.05) is 19.7 Å². The lowest BCUT2D eigenvalue weighted by Gasteiger charge is -2.25. The summed E-state index contributed by atoms with van der Waals surface area (Å²) in [5.74, 6) is 0. The van der Waals surface area contributed by atoms with Crippen molar-refractivity contribution in [3.8, 4) is 0 Å². The van der Waals surface area contributed by atoms with Crippen LogP contribution in [-0.2, 0) is 16.6 Å². The van der Waals surface area contributed by atoms with Crippen LogP contribution in [0.1, 0.15) is 6.42 Å². The second kappa shape index (κ2) is 9.60. The average molecular weight is 473 g/mol. The third-order valence-corrected chi connectivity index (χ3v) is 7.64. The van der Waals surface area contributed by atoms with Gasteiger partial charge in [0.1, 0.15) is 0 Å². The number of aliphatic hydroxyl groups is 2. The minimum atomic E-state index is -3.85. The van der Waals surface area contributed by atoms with Gasteiger partial charge >= 0.3 is 0 Å². The van der Waals surface area contributed by atoms with E-state index in [0.717, 1.165) is 21.8 Å². The Morgan fingerprint density at radius 1 is 0.906 bits per heavy atom. The topological polar surface area (TPSA) is 82.8 Å². The molecule has 0 aliphatic rings. The van der Waals surface area contributed by atoms with Gasteiger partial charge in [-0.25, -0.2) is 8.42 Å². The molecule has 4 aromatic rings. The summed E-state index contributed by atoms with van der Waals surface area (Å²) in [4.78, 5) is 0.101. The third-order valence-electron chi connectivity index (χ3n) is 5.50. The first-order valence-corrected chi connectivity index (χ1v) is 12.2. The number of halogens is 1. The van der Waals surface area contributed by atoms with Crippen LogP contribution in [0.15, 0.2) is 77.7 Å². The predicted molar refractivity (Wildman–Crippen MR) is 127 cm³/mol. The zero-order valence-corrected chi connectivity index (χ0v) is 19.0. The fourth-order valence-corrected chi connectivity index (χ4v) is 5.66. The highest BCUT2D eigenvalue weighted by atomic mass is 35.5. The molecular formula is C24H25ClN2O4S. The van der Waals surface area contributed by atoms with Gasteiger partial charge in [0.05, 0.1) is 17.5 Å². The Labute approximate surface area is 192 Å². The Hall–Kier alpha value is -2.42. The molecule has 0 saturated heterocycles. The number of para-hydroxylation sites is 2. The van der Waals surface area contributed by atoms with Gasteiger partial charge in [-0.05, 0) is 42.8 Å². The Balaban J connectivity index is 1.63. The molecule has 1 atom stereocenters. The Bertz CT molecular complexity index is 1270. The van der Waals surface area contributed by atoms with Crippen LogP contribution in [0.2, 0.25) is 5.02 Å². The van der Waals surface area contributed by atoms with Gasteiger partial charge < -0.3 is 14.8 Å². The molecule has 0 bridgehead atoms. The number of sulfonamides is 1. The number of hydrogen-bond donors (Lipinski definition) is 2. The van der Waals surface area contributed by atoms with E-state index in [1.54, 1.807) is 0 Å². The second-order valence-corrected chi connectivity index (χ2v) is 10.1. The number of nitrogens with zero attached hydrogens (tertiary/aromatic N) is 2. The predicted octanol–water partition coefficient (Wildman–Crippen LogP) is 3.88. The summed E-state index contributed by atoms with van der Waals surface area (Å²) in [6.07, 6.45) is -0.676. The van der Waals surface area contributed by atoms with E-state index in [4.69, 9.17) is 11.6 Å². The normalized spacial score (nSPS) is 13.2. The van der Waals surface area contributed by atoms with Gasteiger partial charge in [0.25, 0.3) is 0 Å². The molecule has 1 heterocycles. The molecule has 0 unspecified atom stereocenters. The molecule has 2 N–H and O–H groups in total. The average Bonchev–Trinajstić information content (AvgIpc) is 3.10. The van der Waals surface area contributed by atoms with Crippen molar-refractivity contribution in [3.05, 3.63) is 77.8 Å². The molecule has 3 aromatic carbocycles. The van der Waals surface area contributed by atoms with Crippen molar-refractivity contribution < 1.29 is 18.6 Å². The van der Waals surface area contributed by atoms with E-state index in [9.17, 15) is 18.6 Å². The highest BCUT2D eigenvalue weighted by molar-refractivity contribution is 7.89. The van der Waals surface area contributed by atoms with Crippen molar-refractivity contribution in [1.82, 2.24) is 8.87 Å². The fourth-order valence-electron chi connectivity index (χ4n) is 4.02. The number of aromatic nitrogens is 1. The minimum Gasteiger partial charge on any atom is -0.396 e. The molecule has 0 amide bonds. The highest BCUT2D eigenvalue weighted by Crippen LogP contribution is 2.29. The lowest BCUT2D eigenvalue weighted by atomic mass is 10.2. The highest BCUT2D eigenvalue weighted by Gasteiger charge is 2.27. The lowest BCUT2D eigenvalue weighted by molar-refractivity contribution is 0.127. The molecule has 0 spiro atoms. The van der Waals surface area contributed by atoms with Crippen molar-refractivity contribution in [1.29, 1.82) is 0 Å². The smallest absolute Gasteiger partial charge is 0.243 e. The molecule has 32 heavy (non-hydrogen) atoms. The maximum Gasteiger partial charge on any atom is 0.243 e. The zero-order valence-electron chi connectivity index (χ0n) is 17.4. The molecule has 168 valence electrons. The number of benzene rings is 3. The van der Waals surface area contributed by atoms with Gasteiger partial charge in [-0.2, -0.15) is 4.31 Å². The Kier molecular flexibility index (Phi) is 6.83. The van der Waals surface area contributed by atoms with Crippen molar-refractivity contribution in [3.63, 3.8) is 0 Å². The van der Waals surface area contributed by atoms with Crippen LogP contribution in [0.5, 0.6) is 0 Å². The van der Waals surface area contributed by atoms with Crippen LogP contribution in [0.4, 0.5) is 0 Å². The monoisotopic (exact) mass is 472 g/mol. The summed E-state index contributed by atoms with van der Waals surface area (Å²) < 4.78 is 29.6. The first-order chi connectivity index (χ1) is 15.4. The molecular weight excluding hydrogens is 448 g/mol. The maximum absolute atomic E-state index is 13.2. The van der Waals surface area contributed by atoms with Crippen LogP contribution < -0.4 is 0 Å². The summed E-state index contributed by atoms with van der Waals surface area (Å²) in [6.45, 7) is 0.104. The number of fused-ring (bicyclic) bond motifs is 3. The molecule has 0 saturated carbocycles. The van der Waals surface area contributed by atoms with Gasteiger partial charge in [-0.15, -0.1) is 0 Å². The van der Waals surface area contributed by atoms with E-state index in [-0.39, 0.29) is 37.6 Å². The Morgan fingerprint density at radius 2 is 1.47 bits per heavy atom. The fraction of sp³-hybridized carbons (Fsp3) is 0.250. The first-order valence-electron chi connectivity index (χ1n) is 10.4. The van der Waals surface area contributed by atoms with E-state index in [0.29, 0.717) is 5.02 Å². The summed E-state index contributed by atoms with van der Waals surface area (Å²) >= 11 is 5.90. The van der Waals surface area contributed by atoms with Crippen molar-refractivity contribution in [2.45, 2.75) is 24.0 Å². The molecule has 4 rings (SSSR count). The van der Waals surface area contributed by atoms with E-state index in [1.807, 2.05) is 53.1 Å². The Morgan fingerprint density at radius 3 is 2.03 bits per heavy atom. The van der Waals surface area contributed by atoms with Crippen LogP contribution in [0, 0.1) is 0 Å². The molecule has 0 radical (unpaired) electrons. The molecule has 6 nitrogen and oxygen atoms in total. The van der Waals surface area contributed by atoms with E-state index >= 15 is 0 Å². The second-order valence-electron chi connectivity index (χ2n) is 7.69. The summed E-state index contributed by atoms with van der Waals surface area (Å²) in [5, 5.41) is 22.8. The third kappa shape index (κ3) is 4.53. The maximum atomic E-state index is 13.2. The zero-order chi connectivity index (χ0) is 22.7. The van der Waals surface area contributed by atoms with Gasteiger partial charge in [0.15, 0.2) is 0 Å². The largest absolute Gasteiger partial charge is 0.396 e. The molecule has 0 fully saturated rings. The van der Waals surface area contributed by atoms with Crippen molar-refractivity contribution in [2.24, 2.45) is 0 Å². The first kappa shape index (κ1) is 22.8. The van der Waals surface area contributed by atoms with Crippen LogP contribution >= 0.6 is 11.6 Å². The van der Waals surface area contributed by atoms with Crippen LogP contribution in [0.25, 0.3) is 21.8 Å². The standard InChI is InChI=1S/C24H25ClN2O4S/c25-18-10-12-20(13-11-18)32(30,31)26(14-5-15-28)16-19(29)17-27-23-8-3-1-6-21(23)22-7-2-4-9-24(22)27/h1-4,6-13,19,28-29H,5,14-17H2/t19-/m1/s1. The van der Waals surface area contributed by atoms with Crippen LogP contribution in [0.3, 0.4) is 0 Å². The molecule has 0 aliphatic carbocycles. The van der Waals surface area contributed by atoms with Gasteiger partial charge in [-0.3, -0.25) is 0 Å². The van der Waals surface area contributed by atoms with E-state index in [2.05, 4.69) is 0 Å². The van der Waals surface area contributed by atoms with Gasteiger partial charge in [-0.1, -0.05) is 48.0 Å².